The summed E-state index contributed by atoms with van der Waals surface area (Å²) >= 11 is 3.57. The molecule has 1 aliphatic rings. The van der Waals surface area contributed by atoms with Crippen molar-refractivity contribution in [3.63, 3.8) is 0 Å². The minimum atomic E-state index is 0.398. The van der Waals surface area contributed by atoms with Gasteiger partial charge in [-0.05, 0) is 53.0 Å². The Balaban J connectivity index is 1.60. The summed E-state index contributed by atoms with van der Waals surface area (Å²) in [5, 5.41) is 3.57. The first-order valence-corrected chi connectivity index (χ1v) is 9.65. The molecule has 1 fully saturated rings. The fourth-order valence-electron chi connectivity index (χ4n) is 3.26. The van der Waals surface area contributed by atoms with Crippen LogP contribution in [-0.2, 0) is 6.54 Å². The molecular weight excluding hydrogens is 394 g/mol. The van der Waals surface area contributed by atoms with Crippen molar-refractivity contribution < 1.29 is 4.74 Å². The summed E-state index contributed by atoms with van der Waals surface area (Å²) < 4.78 is 6.32. The van der Waals surface area contributed by atoms with Crippen LogP contribution in [0, 0.1) is 0 Å². The van der Waals surface area contributed by atoms with Gasteiger partial charge in [-0.3, -0.25) is 4.90 Å². The summed E-state index contributed by atoms with van der Waals surface area (Å²) in [4.78, 5) is 13.1. The van der Waals surface area contributed by atoms with E-state index < -0.39 is 0 Å². The molecule has 0 saturated carbocycles. The second-order valence-electron chi connectivity index (χ2n) is 6.84. The van der Waals surface area contributed by atoms with Crippen LogP contribution in [0.5, 0.6) is 5.75 Å². The van der Waals surface area contributed by atoms with Crippen molar-refractivity contribution >= 4 is 27.6 Å². The highest BCUT2D eigenvalue weighted by Gasteiger charge is 2.20. The molecule has 1 atom stereocenters. The van der Waals surface area contributed by atoms with E-state index in [1.807, 2.05) is 31.1 Å². The maximum absolute atomic E-state index is 5.31. The standard InChI is InChI=1S/C19H26BrN5O/c1-24(2)19-10-18(21-13-22-19)23-15-5-4-8-25(12-15)11-14-6-7-17(26-3)16(20)9-14/h6-7,9-10,13,15H,4-5,8,11-12H2,1-3H3,(H,21,22,23). The van der Waals surface area contributed by atoms with E-state index in [4.69, 9.17) is 4.74 Å². The van der Waals surface area contributed by atoms with Gasteiger partial charge in [-0.1, -0.05) is 6.07 Å². The van der Waals surface area contributed by atoms with E-state index in [-0.39, 0.29) is 0 Å². The third-order valence-electron chi connectivity index (χ3n) is 4.59. The van der Waals surface area contributed by atoms with Crippen LogP contribution in [0.3, 0.4) is 0 Å². The molecule has 1 saturated heterocycles. The average molecular weight is 420 g/mol. The van der Waals surface area contributed by atoms with E-state index in [0.717, 1.165) is 47.9 Å². The number of rotatable bonds is 6. The fourth-order valence-corrected chi connectivity index (χ4v) is 3.85. The molecule has 3 rings (SSSR count). The molecule has 140 valence electrons. The Morgan fingerprint density at radius 2 is 2.15 bits per heavy atom. The minimum Gasteiger partial charge on any atom is -0.496 e. The van der Waals surface area contributed by atoms with Gasteiger partial charge in [0.05, 0.1) is 11.6 Å². The van der Waals surface area contributed by atoms with Crippen molar-refractivity contribution in [3.8, 4) is 5.75 Å². The molecule has 6 nitrogen and oxygen atoms in total. The lowest BCUT2D eigenvalue weighted by atomic mass is 10.0. The number of hydrogen-bond acceptors (Lipinski definition) is 6. The van der Waals surface area contributed by atoms with Crippen LogP contribution >= 0.6 is 15.9 Å². The van der Waals surface area contributed by atoms with Crippen LogP contribution in [0.15, 0.2) is 35.1 Å². The van der Waals surface area contributed by atoms with Gasteiger partial charge in [0.2, 0.25) is 0 Å². The SMILES string of the molecule is COc1ccc(CN2CCCC(Nc3cc(N(C)C)ncn3)C2)cc1Br. The first kappa shape index (κ1) is 18.9. The maximum Gasteiger partial charge on any atom is 0.133 e. The molecule has 2 heterocycles. The van der Waals surface area contributed by atoms with Crippen molar-refractivity contribution in [1.29, 1.82) is 0 Å². The van der Waals surface area contributed by atoms with Gasteiger partial charge in [0, 0.05) is 39.3 Å². The number of nitrogens with zero attached hydrogens (tertiary/aromatic N) is 4. The Morgan fingerprint density at radius 3 is 2.88 bits per heavy atom. The molecule has 26 heavy (non-hydrogen) atoms. The molecule has 0 radical (unpaired) electrons. The smallest absolute Gasteiger partial charge is 0.133 e. The van der Waals surface area contributed by atoms with E-state index in [0.29, 0.717) is 6.04 Å². The lowest BCUT2D eigenvalue weighted by Gasteiger charge is -2.33. The van der Waals surface area contributed by atoms with Crippen LogP contribution in [0.25, 0.3) is 0 Å². The summed E-state index contributed by atoms with van der Waals surface area (Å²) in [6, 6.07) is 8.69. The van der Waals surface area contributed by atoms with Gasteiger partial charge in [-0.25, -0.2) is 9.97 Å². The Labute approximate surface area is 163 Å². The molecule has 0 bridgehead atoms. The largest absolute Gasteiger partial charge is 0.496 e. The molecule has 1 unspecified atom stereocenters. The van der Waals surface area contributed by atoms with Gasteiger partial charge in [0.1, 0.15) is 23.7 Å². The molecule has 0 amide bonds. The number of likely N-dealkylation sites (tertiary alicyclic amines) is 1. The second-order valence-corrected chi connectivity index (χ2v) is 7.70. The van der Waals surface area contributed by atoms with E-state index in [9.17, 15) is 0 Å². The Bertz CT molecular complexity index is 740. The van der Waals surface area contributed by atoms with Crippen LogP contribution < -0.4 is 15.0 Å². The minimum absolute atomic E-state index is 0.398. The van der Waals surface area contributed by atoms with Crippen molar-refractivity contribution in [2.24, 2.45) is 0 Å². The number of hydrogen-bond donors (Lipinski definition) is 1. The molecule has 1 N–H and O–H groups in total. The molecule has 7 heteroatoms. The molecule has 0 spiro atoms. The first-order chi connectivity index (χ1) is 12.5. The van der Waals surface area contributed by atoms with Crippen LogP contribution in [-0.4, -0.2) is 55.2 Å². The first-order valence-electron chi connectivity index (χ1n) is 8.86. The van der Waals surface area contributed by atoms with E-state index in [1.165, 1.54) is 12.0 Å². The Hall–Kier alpha value is -1.86. The van der Waals surface area contributed by atoms with Crippen molar-refractivity contribution in [2.45, 2.75) is 25.4 Å². The normalized spacial score (nSPS) is 17.8. The number of halogens is 1. The predicted molar refractivity (Wildman–Crippen MR) is 109 cm³/mol. The zero-order valence-electron chi connectivity index (χ0n) is 15.6. The third-order valence-corrected chi connectivity index (χ3v) is 5.21. The zero-order chi connectivity index (χ0) is 18.5. The van der Waals surface area contributed by atoms with E-state index >= 15 is 0 Å². The molecular formula is C19H26BrN5O. The molecule has 1 aliphatic heterocycles. The lowest BCUT2D eigenvalue weighted by molar-refractivity contribution is 0.208. The van der Waals surface area contributed by atoms with Gasteiger partial charge >= 0.3 is 0 Å². The van der Waals surface area contributed by atoms with Crippen LogP contribution in [0.4, 0.5) is 11.6 Å². The van der Waals surface area contributed by atoms with Crippen molar-refractivity contribution in [1.82, 2.24) is 14.9 Å². The van der Waals surface area contributed by atoms with Gasteiger partial charge in [0.25, 0.3) is 0 Å². The predicted octanol–water partition coefficient (Wildman–Crippen LogP) is 3.39. The highest BCUT2D eigenvalue weighted by molar-refractivity contribution is 9.10. The summed E-state index contributed by atoms with van der Waals surface area (Å²) in [6.07, 6.45) is 3.96. The van der Waals surface area contributed by atoms with Gasteiger partial charge in [-0.2, -0.15) is 0 Å². The molecule has 1 aromatic heterocycles. The van der Waals surface area contributed by atoms with Crippen molar-refractivity contribution in [3.05, 3.63) is 40.6 Å². The monoisotopic (exact) mass is 419 g/mol. The van der Waals surface area contributed by atoms with Crippen LogP contribution in [0.1, 0.15) is 18.4 Å². The Kier molecular flexibility index (Phi) is 6.32. The number of benzene rings is 1. The summed E-state index contributed by atoms with van der Waals surface area (Å²) in [6.45, 7) is 3.06. The number of nitrogens with one attached hydrogen (secondary N) is 1. The van der Waals surface area contributed by atoms with E-state index in [1.54, 1.807) is 13.4 Å². The lowest BCUT2D eigenvalue weighted by Crippen LogP contribution is -2.41. The van der Waals surface area contributed by atoms with Gasteiger partial charge < -0.3 is 15.0 Å². The quantitative estimate of drug-likeness (QED) is 0.774. The molecule has 2 aromatic rings. The zero-order valence-corrected chi connectivity index (χ0v) is 17.2. The number of ether oxygens (including phenoxy) is 1. The number of anilines is 2. The topological polar surface area (TPSA) is 53.5 Å². The summed E-state index contributed by atoms with van der Waals surface area (Å²) in [5.41, 5.74) is 1.29. The summed E-state index contributed by atoms with van der Waals surface area (Å²) in [7, 11) is 5.67. The highest BCUT2D eigenvalue weighted by Crippen LogP contribution is 2.27. The van der Waals surface area contributed by atoms with Crippen LogP contribution in [0.2, 0.25) is 0 Å². The molecule has 0 aliphatic carbocycles. The fraction of sp³-hybridized carbons (Fsp3) is 0.474. The molecule has 1 aromatic carbocycles. The maximum atomic E-state index is 5.31. The number of methoxy groups -OCH3 is 1. The number of piperidine rings is 1. The Morgan fingerprint density at radius 1 is 1.31 bits per heavy atom. The second kappa shape index (κ2) is 8.68. The van der Waals surface area contributed by atoms with Gasteiger partial charge in [-0.15, -0.1) is 0 Å². The van der Waals surface area contributed by atoms with Crippen molar-refractivity contribution in [2.75, 3.05) is 44.5 Å². The van der Waals surface area contributed by atoms with Gasteiger partial charge in [0.15, 0.2) is 0 Å². The third kappa shape index (κ3) is 4.86. The average Bonchev–Trinajstić information content (AvgIpc) is 2.62. The van der Waals surface area contributed by atoms with E-state index in [2.05, 4.69) is 48.2 Å². The highest BCUT2D eigenvalue weighted by atomic mass is 79.9. The number of aromatic nitrogens is 2. The summed E-state index contributed by atoms with van der Waals surface area (Å²) in [5.74, 6) is 2.67.